The number of fused-ring (bicyclic) bond motifs is 3. The number of ether oxygens (including phenoxy) is 2. The molecule has 0 aliphatic rings. The summed E-state index contributed by atoms with van der Waals surface area (Å²) in [6.07, 6.45) is 0. The van der Waals surface area contributed by atoms with E-state index in [1.165, 1.54) is 24.3 Å². The molecule has 38 heavy (non-hydrogen) atoms. The molecular formula is C29H27N3O5S. The Hall–Kier alpha value is -4.50. The second kappa shape index (κ2) is 10.5. The Bertz CT molecular complexity index is 1710. The minimum atomic E-state index is -3.78. The highest BCUT2D eigenvalue weighted by molar-refractivity contribution is 7.92. The van der Waals surface area contributed by atoms with E-state index in [0.29, 0.717) is 22.9 Å². The summed E-state index contributed by atoms with van der Waals surface area (Å²) in [4.78, 5) is 12.6. The molecule has 2 N–H and O–H groups in total. The summed E-state index contributed by atoms with van der Waals surface area (Å²) in [7, 11) is -2.24. The van der Waals surface area contributed by atoms with E-state index < -0.39 is 10.0 Å². The summed E-state index contributed by atoms with van der Waals surface area (Å²) in [5, 5.41) is 5.08. The zero-order valence-electron chi connectivity index (χ0n) is 21.0. The van der Waals surface area contributed by atoms with Gasteiger partial charge in [-0.1, -0.05) is 18.2 Å². The number of benzene rings is 4. The number of amides is 1. The van der Waals surface area contributed by atoms with Gasteiger partial charge in [-0.25, -0.2) is 8.42 Å². The SMILES string of the molecule is CCn1c2ccccc2c2cc(NC(=O)COc3ccc(S(=O)(=O)Nc4ccc(OC)cc4)cc3)ccc21. The van der Waals surface area contributed by atoms with E-state index in [1.54, 1.807) is 31.4 Å². The summed E-state index contributed by atoms with van der Waals surface area (Å²) in [5.41, 5.74) is 3.36. The number of hydrogen-bond acceptors (Lipinski definition) is 5. The van der Waals surface area contributed by atoms with Crippen LogP contribution in [0.15, 0.2) is 95.9 Å². The van der Waals surface area contributed by atoms with Crippen molar-refractivity contribution in [3.8, 4) is 11.5 Å². The summed E-state index contributed by atoms with van der Waals surface area (Å²) in [5.74, 6) is 0.689. The van der Waals surface area contributed by atoms with Crippen LogP contribution < -0.4 is 19.5 Å². The first-order valence-corrected chi connectivity index (χ1v) is 13.6. The molecule has 0 bridgehead atoms. The lowest BCUT2D eigenvalue weighted by Crippen LogP contribution is -2.20. The summed E-state index contributed by atoms with van der Waals surface area (Å²) in [6, 6.07) is 26.5. The van der Waals surface area contributed by atoms with Crippen molar-refractivity contribution in [1.82, 2.24) is 4.57 Å². The number of anilines is 2. The zero-order valence-corrected chi connectivity index (χ0v) is 21.8. The maximum Gasteiger partial charge on any atom is 0.262 e. The number of rotatable bonds is 9. The highest BCUT2D eigenvalue weighted by Crippen LogP contribution is 2.31. The average molecular weight is 530 g/mol. The van der Waals surface area contributed by atoms with Crippen LogP contribution in [0.1, 0.15) is 6.92 Å². The molecule has 0 aliphatic carbocycles. The van der Waals surface area contributed by atoms with Crippen LogP contribution in [0.2, 0.25) is 0 Å². The quantitative estimate of drug-likeness (QED) is 0.257. The third-order valence-corrected chi connectivity index (χ3v) is 7.62. The van der Waals surface area contributed by atoms with E-state index in [4.69, 9.17) is 9.47 Å². The molecule has 1 amide bonds. The lowest BCUT2D eigenvalue weighted by Gasteiger charge is -2.11. The molecule has 0 unspecified atom stereocenters. The van der Waals surface area contributed by atoms with Gasteiger partial charge in [-0.15, -0.1) is 0 Å². The van der Waals surface area contributed by atoms with Crippen LogP contribution in [0.4, 0.5) is 11.4 Å². The Morgan fingerprint density at radius 2 is 1.47 bits per heavy atom. The van der Waals surface area contributed by atoms with E-state index in [0.717, 1.165) is 28.4 Å². The minimum Gasteiger partial charge on any atom is -0.497 e. The number of aromatic nitrogens is 1. The van der Waals surface area contributed by atoms with Crippen LogP contribution in [0, 0.1) is 0 Å². The number of hydrogen-bond donors (Lipinski definition) is 2. The van der Waals surface area contributed by atoms with Crippen LogP contribution >= 0.6 is 0 Å². The largest absolute Gasteiger partial charge is 0.497 e. The molecule has 8 nitrogen and oxygen atoms in total. The van der Waals surface area contributed by atoms with Gasteiger partial charge in [-0.05, 0) is 79.7 Å². The molecule has 5 rings (SSSR count). The third kappa shape index (κ3) is 5.14. The van der Waals surface area contributed by atoms with Gasteiger partial charge in [-0.2, -0.15) is 0 Å². The van der Waals surface area contributed by atoms with Gasteiger partial charge in [0.15, 0.2) is 6.61 Å². The summed E-state index contributed by atoms with van der Waals surface area (Å²) in [6.45, 7) is 2.74. The number of nitrogens with zero attached hydrogens (tertiary/aromatic N) is 1. The maximum atomic E-state index is 12.7. The number of sulfonamides is 1. The van der Waals surface area contributed by atoms with Crippen LogP contribution in [0.5, 0.6) is 11.5 Å². The van der Waals surface area contributed by atoms with Gasteiger partial charge in [0.05, 0.1) is 12.0 Å². The van der Waals surface area contributed by atoms with E-state index in [-0.39, 0.29) is 17.4 Å². The fraction of sp³-hybridized carbons (Fsp3) is 0.138. The van der Waals surface area contributed by atoms with Gasteiger partial charge < -0.3 is 19.4 Å². The van der Waals surface area contributed by atoms with E-state index in [1.807, 2.05) is 30.3 Å². The fourth-order valence-electron chi connectivity index (χ4n) is 4.41. The van der Waals surface area contributed by atoms with E-state index in [2.05, 4.69) is 33.7 Å². The van der Waals surface area contributed by atoms with Gasteiger partial charge in [0.1, 0.15) is 11.5 Å². The molecule has 0 radical (unpaired) electrons. The number of nitrogens with one attached hydrogen (secondary N) is 2. The Labute approximate surface area is 220 Å². The Morgan fingerprint density at radius 1 is 0.816 bits per heavy atom. The minimum absolute atomic E-state index is 0.0738. The van der Waals surface area contributed by atoms with Crippen molar-refractivity contribution in [2.45, 2.75) is 18.4 Å². The van der Waals surface area contributed by atoms with E-state index >= 15 is 0 Å². The van der Waals surface area contributed by atoms with Crippen molar-refractivity contribution in [1.29, 1.82) is 0 Å². The van der Waals surface area contributed by atoms with Crippen molar-refractivity contribution in [2.24, 2.45) is 0 Å². The van der Waals surface area contributed by atoms with Crippen molar-refractivity contribution >= 4 is 49.1 Å². The van der Waals surface area contributed by atoms with Crippen LogP contribution in [0.3, 0.4) is 0 Å². The van der Waals surface area contributed by atoms with Gasteiger partial charge in [0.25, 0.3) is 15.9 Å². The van der Waals surface area contributed by atoms with Crippen molar-refractivity contribution in [3.05, 3.63) is 91.0 Å². The Morgan fingerprint density at radius 3 is 2.18 bits per heavy atom. The van der Waals surface area contributed by atoms with Gasteiger partial charge in [0, 0.05) is 39.7 Å². The normalized spacial score (nSPS) is 11.4. The topological polar surface area (TPSA) is 98.7 Å². The predicted octanol–water partition coefficient (Wildman–Crippen LogP) is 5.64. The first-order valence-electron chi connectivity index (χ1n) is 12.1. The first kappa shape index (κ1) is 25.2. The molecule has 0 saturated heterocycles. The Balaban J connectivity index is 1.22. The number of methoxy groups -OCH3 is 1. The number of para-hydroxylation sites is 1. The second-order valence-electron chi connectivity index (χ2n) is 8.64. The van der Waals surface area contributed by atoms with Crippen molar-refractivity contribution in [2.75, 3.05) is 23.8 Å². The molecule has 0 fully saturated rings. The van der Waals surface area contributed by atoms with Crippen LogP contribution in [-0.4, -0.2) is 32.6 Å². The molecule has 5 aromatic rings. The number of carbonyl (C=O) groups is 1. The smallest absolute Gasteiger partial charge is 0.262 e. The molecular weight excluding hydrogens is 502 g/mol. The van der Waals surface area contributed by atoms with Gasteiger partial charge in [-0.3, -0.25) is 9.52 Å². The van der Waals surface area contributed by atoms with Gasteiger partial charge >= 0.3 is 0 Å². The lowest BCUT2D eigenvalue weighted by molar-refractivity contribution is -0.118. The molecule has 194 valence electrons. The van der Waals surface area contributed by atoms with Crippen LogP contribution in [0.25, 0.3) is 21.8 Å². The highest BCUT2D eigenvalue weighted by atomic mass is 32.2. The molecule has 0 saturated carbocycles. The third-order valence-electron chi connectivity index (χ3n) is 6.22. The number of aryl methyl sites for hydroxylation is 1. The van der Waals surface area contributed by atoms with Gasteiger partial charge in [0.2, 0.25) is 0 Å². The van der Waals surface area contributed by atoms with Crippen LogP contribution in [-0.2, 0) is 21.4 Å². The monoisotopic (exact) mass is 529 g/mol. The Kier molecular flexibility index (Phi) is 6.93. The molecule has 4 aromatic carbocycles. The molecule has 0 aliphatic heterocycles. The van der Waals surface area contributed by atoms with Crippen molar-refractivity contribution < 1.29 is 22.7 Å². The molecule has 1 aromatic heterocycles. The zero-order chi connectivity index (χ0) is 26.7. The standard InChI is InChI=1S/C29H27N3O5S/c1-3-32-27-7-5-4-6-25(27)26-18-21(10-17-28(26)32)30-29(33)19-37-23-13-15-24(16-14-23)38(34,35)31-20-8-11-22(36-2)12-9-20/h4-18,31H,3,19H2,1-2H3,(H,30,33). The molecule has 1 heterocycles. The lowest BCUT2D eigenvalue weighted by atomic mass is 10.1. The summed E-state index contributed by atoms with van der Waals surface area (Å²) >= 11 is 0. The molecule has 0 atom stereocenters. The maximum absolute atomic E-state index is 12.7. The first-order chi connectivity index (χ1) is 18.4. The highest BCUT2D eigenvalue weighted by Gasteiger charge is 2.15. The second-order valence-corrected chi connectivity index (χ2v) is 10.3. The fourth-order valence-corrected chi connectivity index (χ4v) is 5.46. The van der Waals surface area contributed by atoms with Crippen molar-refractivity contribution in [3.63, 3.8) is 0 Å². The molecule has 0 spiro atoms. The average Bonchev–Trinajstić information content (AvgIpc) is 3.25. The predicted molar refractivity (Wildman–Crippen MR) is 149 cm³/mol. The van der Waals surface area contributed by atoms with E-state index in [9.17, 15) is 13.2 Å². The number of carbonyl (C=O) groups excluding carboxylic acids is 1. The molecule has 9 heteroatoms. The summed E-state index contributed by atoms with van der Waals surface area (Å²) < 4.78 is 40.8.